The quantitative estimate of drug-likeness (QED) is 0.673. The van der Waals surface area contributed by atoms with Gasteiger partial charge in [0.25, 0.3) is 0 Å². The lowest BCUT2D eigenvalue weighted by atomic mass is 10.1. The molecule has 74 valence electrons. The van der Waals surface area contributed by atoms with Crippen LogP contribution in [0.1, 0.15) is 16.5 Å². The zero-order valence-electron chi connectivity index (χ0n) is 7.24. The molecule has 0 spiro atoms. The first kappa shape index (κ1) is 10.3. The van der Waals surface area contributed by atoms with Crippen molar-refractivity contribution in [2.24, 2.45) is 5.84 Å². The first-order valence-electron chi connectivity index (χ1n) is 4.04. The summed E-state index contributed by atoms with van der Waals surface area (Å²) >= 11 is 6.83. The summed E-state index contributed by atoms with van der Waals surface area (Å²) in [5.74, 6) is 5.55. The molecule has 5 heteroatoms. The highest BCUT2D eigenvalue weighted by Crippen LogP contribution is 2.31. The lowest BCUT2D eigenvalue weighted by Crippen LogP contribution is -2.27. The van der Waals surface area contributed by atoms with E-state index < -0.39 is 0 Å². The third-order valence-corrected chi connectivity index (χ3v) is 4.31. The minimum Gasteiger partial charge on any atom is -0.271 e. The summed E-state index contributed by atoms with van der Waals surface area (Å²) < 4.78 is 1.13. The van der Waals surface area contributed by atoms with Gasteiger partial charge in [0.2, 0.25) is 0 Å². The van der Waals surface area contributed by atoms with Crippen LogP contribution in [-0.4, -0.2) is 0 Å². The Morgan fingerprint density at radius 3 is 2.71 bits per heavy atom. The minimum absolute atomic E-state index is 0.109. The zero-order valence-corrected chi connectivity index (χ0v) is 10.5. The van der Waals surface area contributed by atoms with E-state index in [4.69, 9.17) is 5.84 Å². The van der Waals surface area contributed by atoms with Gasteiger partial charge in [-0.15, -0.1) is 11.3 Å². The number of thiophene rings is 2. The van der Waals surface area contributed by atoms with E-state index in [0.29, 0.717) is 0 Å². The van der Waals surface area contributed by atoms with E-state index in [1.165, 1.54) is 10.4 Å². The van der Waals surface area contributed by atoms with Crippen LogP contribution in [0, 0.1) is 0 Å². The standard InChI is InChI=1S/C9H9BrN2S2/c10-8-2-1-7(14-8)9(12-11)6-3-4-13-5-6/h1-5,9,12H,11H2. The van der Waals surface area contributed by atoms with E-state index in [0.717, 1.165) is 3.79 Å². The molecule has 0 radical (unpaired) electrons. The molecular formula is C9H9BrN2S2. The van der Waals surface area contributed by atoms with Gasteiger partial charge in [0.15, 0.2) is 0 Å². The van der Waals surface area contributed by atoms with Crippen molar-refractivity contribution in [3.8, 4) is 0 Å². The third kappa shape index (κ3) is 2.07. The number of hydrazine groups is 1. The van der Waals surface area contributed by atoms with E-state index in [1.54, 1.807) is 22.7 Å². The molecule has 0 aliphatic heterocycles. The fourth-order valence-corrected chi connectivity index (χ4v) is 3.46. The SMILES string of the molecule is NNC(c1ccsc1)c1ccc(Br)s1. The molecule has 0 aliphatic rings. The number of hydrogen-bond acceptors (Lipinski definition) is 4. The summed E-state index contributed by atoms with van der Waals surface area (Å²) in [7, 11) is 0. The van der Waals surface area contributed by atoms with Gasteiger partial charge in [0, 0.05) is 4.88 Å². The highest BCUT2D eigenvalue weighted by Gasteiger charge is 2.14. The molecule has 2 aromatic heterocycles. The van der Waals surface area contributed by atoms with Crippen molar-refractivity contribution in [1.82, 2.24) is 5.43 Å². The molecule has 0 saturated heterocycles. The van der Waals surface area contributed by atoms with Gasteiger partial charge in [-0.05, 0) is 50.5 Å². The van der Waals surface area contributed by atoms with Crippen LogP contribution < -0.4 is 11.3 Å². The fraction of sp³-hybridized carbons (Fsp3) is 0.111. The van der Waals surface area contributed by atoms with Crippen molar-refractivity contribution in [2.75, 3.05) is 0 Å². The molecule has 1 unspecified atom stereocenters. The Morgan fingerprint density at radius 2 is 2.21 bits per heavy atom. The van der Waals surface area contributed by atoms with Gasteiger partial charge in [0.05, 0.1) is 9.83 Å². The lowest BCUT2D eigenvalue weighted by molar-refractivity contribution is 0.648. The fourth-order valence-electron chi connectivity index (χ4n) is 1.27. The average Bonchev–Trinajstić information content (AvgIpc) is 2.79. The van der Waals surface area contributed by atoms with Gasteiger partial charge < -0.3 is 0 Å². The summed E-state index contributed by atoms with van der Waals surface area (Å²) in [6.07, 6.45) is 0. The van der Waals surface area contributed by atoms with Gasteiger partial charge in [0.1, 0.15) is 0 Å². The third-order valence-electron chi connectivity index (χ3n) is 1.92. The Balaban J connectivity index is 2.31. The van der Waals surface area contributed by atoms with Gasteiger partial charge in [-0.3, -0.25) is 5.84 Å². The van der Waals surface area contributed by atoms with Crippen LogP contribution in [0.4, 0.5) is 0 Å². The summed E-state index contributed by atoms with van der Waals surface area (Å²) in [4.78, 5) is 1.22. The minimum atomic E-state index is 0.109. The lowest BCUT2D eigenvalue weighted by Gasteiger charge is -2.11. The normalized spacial score (nSPS) is 13.0. The van der Waals surface area contributed by atoms with E-state index in [-0.39, 0.29) is 6.04 Å². The van der Waals surface area contributed by atoms with Gasteiger partial charge in [-0.25, -0.2) is 5.43 Å². The highest BCUT2D eigenvalue weighted by atomic mass is 79.9. The first-order chi connectivity index (χ1) is 6.81. The van der Waals surface area contributed by atoms with Gasteiger partial charge in [-0.1, -0.05) is 0 Å². The maximum atomic E-state index is 5.55. The largest absolute Gasteiger partial charge is 0.271 e. The maximum absolute atomic E-state index is 5.55. The number of nitrogens with one attached hydrogen (secondary N) is 1. The zero-order chi connectivity index (χ0) is 9.97. The predicted octanol–water partition coefficient (Wildman–Crippen LogP) is 3.12. The summed E-state index contributed by atoms with van der Waals surface area (Å²) in [6, 6.07) is 6.31. The van der Waals surface area contributed by atoms with Gasteiger partial charge >= 0.3 is 0 Å². The molecule has 2 rings (SSSR count). The molecule has 3 N–H and O–H groups in total. The number of rotatable bonds is 3. The van der Waals surface area contributed by atoms with Crippen LogP contribution >= 0.6 is 38.6 Å². The molecule has 2 heterocycles. The highest BCUT2D eigenvalue weighted by molar-refractivity contribution is 9.11. The molecule has 2 aromatic rings. The molecule has 0 amide bonds. The van der Waals surface area contributed by atoms with E-state index in [9.17, 15) is 0 Å². The van der Waals surface area contributed by atoms with Crippen molar-refractivity contribution >= 4 is 38.6 Å². The maximum Gasteiger partial charge on any atom is 0.0810 e. The monoisotopic (exact) mass is 288 g/mol. The second kappa shape index (κ2) is 4.55. The smallest absolute Gasteiger partial charge is 0.0810 e. The molecule has 0 fully saturated rings. The Kier molecular flexibility index (Phi) is 3.35. The second-order valence-electron chi connectivity index (χ2n) is 2.80. The summed E-state index contributed by atoms with van der Waals surface area (Å²) in [5, 5.41) is 4.17. The number of hydrogen-bond donors (Lipinski definition) is 2. The first-order valence-corrected chi connectivity index (χ1v) is 6.60. The van der Waals surface area contributed by atoms with Crippen molar-refractivity contribution in [3.05, 3.63) is 43.2 Å². The molecule has 14 heavy (non-hydrogen) atoms. The Hall–Kier alpha value is -0.200. The van der Waals surface area contributed by atoms with Crippen LogP contribution in [0.15, 0.2) is 32.7 Å². The Bertz CT molecular complexity index is 397. The Morgan fingerprint density at radius 1 is 1.36 bits per heavy atom. The second-order valence-corrected chi connectivity index (χ2v) is 6.07. The van der Waals surface area contributed by atoms with Crippen LogP contribution in [0.3, 0.4) is 0 Å². The van der Waals surface area contributed by atoms with Crippen LogP contribution in [0.2, 0.25) is 0 Å². The molecule has 0 aromatic carbocycles. The van der Waals surface area contributed by atoms with E-state index in [1.807, 2.05) is 6.07 Å². The van der Waals surface area contributed by atoms with Crippen molar-refractivity contribution in [3.63, 3.8) is 0 Å². The van der Waals surface area contributed by atoms with Crippen LogP contribution in [0.25, 0.3) is 0 Å². The van der Waals surface area contributed by atoms with Crippen molar-refractivity contribution < 1.29 is 0 Å². The van der Waals surface area contributed by atoms with E-state index >= 15 is 0 Å². The topological polar surface area (TPSA) is 38.0 Å². The molecule has 1 atom stereocenters. The van der Waals surface area contributed by atoms with Crippen molar-refractivity contribution in [2.45, 2.75) is 6.04 Å². The molecule has 0 saturated carbocycles. The molecular weight excluding hydrogens is 280 g/mol. The van der Waals surface area contributed by atoms with Crippen LogP contribution in [0.5, 0.6) is 0 Å². The van der Waals surface area contributed by atoms with Gasteiger partial charge in [-0.2, -0.15) is 11.3 Å². The molecule has 0 bridgehead atoms. The number of halogens is 1. The van der Waals surface area contributed by atoms with Crippen molar-refractivity contribution in [1.29, 1.82) is 0 Å². The predicted molar refractivity (Wildman–Crippen MR) is 65.5 cm³/mol. The summed E-state index contributed by atoms with van der Waals surface area (Å²) in [6.45, 7) is 0. The average molecular weight is 289 g/mol. The molecule has 2 nitrogen and oxygen atoms in total. The number of nitrogens with two attached hydrogens (primary N) is 1. The Labute approximate surface area is 98.9 Å². The van der Waals surface area contributed by atoms with Crippen LogP contribution in [-0.2, 0) is 0 Å². The summed E-state index contributed by atoms with van der Waals surface area (Å²) in [5.41, 5.74) is 4.04. The van der Waals surface area contributed by atoms with E-state index in [2.05, 4.69) is 44.2 Å². The molecule has 0 aliphatic carbocycles.